The predicted octanol–water partition coefficient (Wildman–Crippen LogP) is 4.82. The summed E-state index contributed by atoms with van der Waals surface area (Å²) in [7, 11) is 0. The molecule has 1 aliphatic heterocycles. The third-order valence-electron chi connectivity index (χ3n) is 7.06. The van der Waals surface area contributed by atoms with Crippen LogP contribution in [0.2, 0.25) is 0 Å². The molecule has 0 aromatic heterocycles. The highest BCUT2D eigenvalue weighted by Gasteiger charge is 2.31. The van der Waals surface area contributed by atoms with Crippen LogP contribution in [-0.4, -0.2) is 50.8 Å². The summed E-state index contributed by atoms with van der Waals surface area (Å²) in [4.78, 5) is 14.9. The van der Waals surface area contributed by atoms with E-state index in [2.05, 4.69) is 15.5 Å². The minimum absolute atomic E-state index is 0.0000634. The first-order chi connectivity index (χ1) is 17.3. The standard InChI is InChI=1S/C27H28BF3N3O2/c1-18-25(28(29,30)31)14-19(16-34-12-10-32-11-13-34)15-26(18)33-27(35)36-17-24-22-8-4-2-6-20(22)21-7-3-5-9-23(21)24/h2-9,14-15,24,32H,10-13,16-17H2,1H3,(H,33,35)/q-1. The molecule has 0 spiro atoms. The number of hydrogen-bond donors (Lipinski definition) is 2. The van der Waals surface area contributed by atoms with Gasteiger partial charge in [-0.2, -0.15) is 0 Å². The Hall–Kier alpha value is -3.30. The van der Waals surface area contributed by atoms with Gasteiger partial charge in [0, 0.05) is 44.3 Å². The Morgan fingerprint density at radius 1 is 1.03 bits per heavy atom. The number of nitrogens with zero attached hydrogens (tertiary/aromatic N) is 1. The first kappa shape index (κ1) is 24.4. The molecule has 36 heavy (non-hydrogen) atoms. The second kappa shape index (κ2) is 9.99. The minimum Gasteiger partial charge on any atom is -0.448 e. The summed E-state index contributed by atoms with van der Waals surface area (Å²) in [5.41, 5.74) is 4.33. The molecule has 188 valence electrons. The molecule has 0 saturated carbocycles. The lowest BCUT2D eigenvalue weighted by molar-refractivity contribution is 0.158. The van der Waals surface area contributed by atoms with Crippen LogP contribution in [0.5, 0.6) is 0 Å². The molecule has 1 saturated heterocycles. The number of piperazine rings is 1. The minimum atomic E-state index is -5.23. The van der Waals surface area contributed by atoms with Gasteiger partial charge in [0.15, 0.2) is 0 Å². The fourth-order valence-electron chi connectivity index (χ4n) is 5.23. The average Bonchev–Trinajstić information content (AvgIpc) is 3.18. The number of anilines is 1. The quantitative estimate of drug-likeness (QED) is 0.483. The van der Waals surface area contributed by atoms with Gasteiger partial charge in [0.05, 0.1) is 0 Å². The van der Waals surface area contributed by atoms with Crippen LogP contribution in [0, 0.1) is 6.92 Å². The van der Waals surface area contributed by atoms with Gasteiger partial charge in [0.25, 0.3) is 0 Å². The number of rotatable bonds is 6. The number of carbonyl (C=O) groups excluding carboxylic acids is 1. The fourth-order valence-corrected chi connectivity index (χ4v) is 5.23. The van der Waals surface area contributed by atoms with E-state index >= 15 is 0 Å². The molecule has 1 heterocycles. The third-order valence-corrected chi connectivity index (χ3v) is 7.06. The van der Waals surface area contributed by atoms with E-state index in [4.69, 9.17) is 4.74 Å². The molecule has 0 unspecified atom stereocenters. The number of halogens is 3. The first-order valence-electron chi connectivity index (χ1n) is 12.2. The Bertz CT molecular complexity index is 1230. The highest BCUT2D eigenvalue weighted by Crippen LogP contribution is 2.44. The van der Waals surface area contributed by atoms with E-state index in [9.17, 15) is 17.7 Å². The molecule has 0 bridgehead atoms. The van der Waals surface area contributed by atoms with Gasteiger partial charge in [-0.1, -0.05) is 60.2 Å². The maximum absolute atomic E-state index is 13.9. The number of amides is 1. The molecule has 9 heteroatoms. The molecule has 0 radical (unpaired) electrons. The molecule has 5 nitrogen and oxygen atoms in total. The van der Waals surface area contributed by atoms with Gasteiger partial charge in [0.1, 0.15) is 6.61 Å². The van der Waals surface area contributed by atoms with Gasteiger partial charge >= 0.3 is 13.1 Å². The van der Waals surface area contributed by atoms with E-state index in [-0.39, 0.29) is 23.8 Å². The van der Waals surface area contributed by atoms with Crippen LogP contribution in [0.3, 0.4) is 0 Å². The highest BCUT2D eigenvalue weighted by molar-refractivity contribution is 6.74. The summed E-state index contributed by atoms with van der Waals surface area (Å²) in [6.07, 6.45) is -0.764. The second-order valence-electron chi connectivity index (χ2n) is 9.41. The van der Waals surface area contributed by atoms with Crippen molar-refractivity contribution < 1.29 is 22.5 Å². The van der Waals surface area contributed by atoms with Gasteiger partial charge in [0.2, 0.25) is 0 Å². The summed E-state index contributed by atoms with van der Waals surface area (Å²) in [6, 6.07) is 18.8. The predicted molar refractivity (Wildman–Crippen MR) is 137 cm³/mol. The lowest BCUT2D eigenvalue weighted by Crippen LogP contribution is -2.43. The van der Waals surface area contributed by atoms with Crippen molar-refractivity contribution in [1.29, 1.82) is 0 Å². The molecule has 2 aliphatic rings. The van der Waals surface area contributed by atoms with E-state index < -0.39 is 18.5 Å². The summed E-state index contributed by atoms with van der Waals surface area (Å²) < 4.78 is 47.1. The van der Waals surface area contributed by atoms with Crippen LogP contribution < -0.4 is 16.1 Å². The summed E-state index contributed by atoms with van der Waals surface area (Å²) in [5, 5.41) is 5.83. The number of carbonyl (C=O) groups is 1. The molecule has 0 atom stereocenters. The van der Waals surface area contributed by atoms with E-state index in [1.807, 2.05) is 48.5 Å². The maximum atomic E-state index is 13.9. The number of nitrogens with one attached hydrogen (secondary N) is 2. The Morgan fingerprint density at radius 2 is 1.64 bits per heavy atom. The maximum Gasteiger partial charge on any atom is 0.509 e. The molecule has 1 fully saturated rings. The van der Waals surface area contributed by atoms with Crippen LogP contribution >= 0.6 is 0 Å². The monoisotopic (exact) mass is 494 g/mol. The van der Waals surface area contributed by atoms with Crippen molar-refractivity contribution in [3.05, 3.63) is 82.9 Å². The van der Waals surface area contributed by atoms with Crippen LogP contribution in [0.25, 0.3) is 11.1 Å². The fraction of sp³-hybridized carbons (Fsp3) is 0.296. The Morgan fingerprint density at radius 3 is 2.25 bits per heavy atom. The van der Waals surface area contributed by atoms with Crippen LogP contribution in [-0.2, 0) is 11.3 Å². The Kier molecular flexibility index (Phi) is 6.77. The lowest BCUT2D eigenvalue weighted by Gasteiger charge is -2.29. The highest BCUT2D eigenvalue weighted by atomic mass is 19.4. The normalized spacial score (nSPS) is 15.9. The van der Waals surface area contributed by atoms with Crippen molar-refractivity contribution in [2.75, 3.05) is 38.1 Å². The van der Waals surface area contributed by atoms with E-state index in [0.717, 1.165) is 48.4 Å². The zero-order valence-corrected chi connectivity index (χ0v) is 20.1. The van der Waals surface area contributed by atoms with Crippen LogP contribution in [0.4, 0.5) is 23.4 Å². The number of fused-ring (bicyclic) bond motifs is 3. The zero-order valence-electron chi connectivity index (χ0n) is 20.1. The molecule has 1 amide bonds. The van der Waals surface area contributed by atoms with Gasteiger partial charge in [-0.25, -0.2) is 4.79 Å². The van der Waals surface area contributed by atoms with Crippen molar-refractivity contribution in [2.45, 2.75) is 19.4 Å². The van der Waals surface area contributed by atoms with E-state index in [1.54, 1.807) is 6.07 Å². The zero-order chi connectivity index (χ0) is 25.3. The number of ether oxygens (including phenoxy) is 1. The van der Waals surface area contributed by atoms with Crippen molar-refractivity contribution in [2.24, 2.45) is 0 Å². The van der Waals surface area contributed by atoms with Crippen molar-refractivity contribution >= 4 is 24.2 Å². The largest absolute Gasteiger partial charge is 0.509 e. The van der Waals surface area contributed by atoms with Gasteiger partial charge < -0.3 is 23.0 Å². The summed E-state index contributed by atoms with van der Waals surface area (Å²) >= 11 is 0. The SMILES string of the molecule is Cc1c(NC(=O)OCC2c3ccccc3-c3ccccc32)cc(CN2CCNCC2)cc1[B-](F)(F)F. The first-order valence-corrected chi connectivity index (χ1v) is 12.2. The molecule has 5 rings (SSSR count). The van der Waals surface area contributed by atoms with Crippen molar-refractivity contribution in [3.63, 3.8) is 0 Å². The molecule has 3 aromatic rings. The topological polar surface area (TPSA) is 53.6 Å². The molecular weight excluding hydrogens is 466 g/mol. The van der Waals surface area contributed by atoms with Gasteiger partial charge in [-0.15, -0.1) is 5.46 Å². The molecule has 1 aliphatic carbocycles. The summed E-state index contributed by atoms with van der Waals surface area (Å²) in [6.45, 7) is -0.250. The molecule has 2 N–H and O–H groups in total. The van der Waals surface area contributed by atoms with Gasteiger partial charge in [-0.05, 0) is 40.8 Å². The van der Waals surface area contributed by atoms with E-state index in [0.29, 0.717) is 12.1 Å². The molecular formula is C27H28BF3N3O2-. The smallest absolute Gasteiger partial charge is 0.448 e. The van der Waals surface area contributed by atoms with Crippen LogP contribution in [0.15, 0.2) is 60.7 Å². The summed E-state index contributed by atoms with van der Waals surface area (Å²) in [5.74, 6) is -0.127. The van der Waals surface area contributed by atoms with Crippen molar-refractivity contribution in [1.82, 2.24) is 10.2 Å². The third kappa shape index (κ3) is 4.99. The number of hydrogen-bond acceptors (Lipinski definition) is 4. The lowest BCUT2D eigenvalue weighted by atomic mass is 9.75. The van der Waals surface area contributed by atoms with Crippen LogP contribution in [0.1, 0.15) is 28.2 Å². The number of benzene rings is 3. The van der Waals surface area contributed by atoms with Crippen molar-refractivity contribution in [3.8, 4) is 11.1 Å². The average molecular weight is 494 g/mol. The Labute approximate surface area is 208 Å². The second-order valence-corrected chi connectivity index (χ2v) is 9.41. The molecule has 3 aromatic carbocycles. The Balaban J connectivity index is 1.34. The van der Waals surface area contributed by atoms with E-state index in [1.165, 1.54) is 13.0 Å². The van der Waals surface area contributed by atoms with Gasteiger partial charge in [-0.3, -0.25) is 10.2 Å².